The molecule has 0 aliphatic carbocycles. The summed E-state index contributed by atoms with van der Waals surface area (Å²) in [6.45, 7) is 6.66. The molecule has 1 heterocycles. The first-order valence-corrected chi connectivity index (χ1v) is 8.53. The second-order valence-electron chi connectivity index (χ2n) is 6.23. The van der Waals surface area contributed by atoms with Gasteiger partial charge in [0.05, 0.1) is 19.3 Å². The van der Waals surface area contributed by atoms with Gasteiger partial charge < -0.3 is 14.6 Å². The molecule has 0 amide bonds. The third-order valence-corrected chi connectivity index (χ3v) is 4.13. The molecule has 1 atom stereocenters. The van der Waals surface area contributed by atoms with Crippen LogP contribution in [0.25, 0.3) is 0 Å². The number of nitrogens with zero attached hydrogens (tertiary/aromatic N) is 2. The highest BCUT2D eigenvalue weighted by Crippen LogP contribution is 2.14. The predicted molar refractivity (Wildman–Crippen MR) is 92.6 cm³/mol. The predicted octanol–water partition coefficient (Wildman–Crippen LogP) is 1.35. The Bertz CT molecular complexity index is 523. The molecule has 0 aromatic heterocycles. The Balaban J connectivity index is 1.71. The van der Waals surface area contributed by atoms with Crippen molar-refractivity contribution in [1.82, 2.24) is 9.80 Å². The zero-order valence-corrected chi connectivity index (χ0v) is 14.6. The first kappa shape index (κ1) is 18.7. The van der Waals surface area contributed by atoms with Gasteiger partial charge >= 0.3 is 5.97 Å². The Morgan fingerprint density at radius 1 is 1.50 bits per heavy atom. The summed E-state index contributed by atoms with van der Waals surface area (Å²) in [6.07, 6.45) is 1.05. The second kappa shape index (κ2) is 9.61. The van der Waals surface area contributed by atoms with Crippen molar-refractivity contribution in [1.29, 1.82) is 0 Å². The smallest absolute Gasteiger partial charge is 0.317 e. The molecule has 6 nitrogen and oxygen atoms in total. The molecule has 1 fully saturated rings. The average Bonchev–Trinajstić information content (AvgIpc) is 2.54. The summed E-state index contributed by atoms with van der Waals surface area (Å²) in [5.74, 6) is 0.105. The number of rotatable bonds is 9. The molecule has 0 bridgehead atoms. The molecule has 1 unspecified atom stereocenters. The van der Waals surface area contributed by atoms with Crippen LogP contribution in [0, 0.1) is 0 Å². The number of aliphatic carboxylic acids is 1. The minimum Gasteiger partial charge on any atom is -0.492 e. The monoisotopic (exact) mass is 336 g/mol. The first-order valence-electron chi connectivity index (χ1n) is 8.53. The lowest BCUT2D eigenvalue weighted by Gasteiger charge is -2.34. The fourth-order valence-corrected chi connectivity index (χ4v) is 2.88. The second-order valence-corrected chi connectivity index (χ2v) is 6.23. The van der Waals surface area contributed by atoms with Crippen LogP contribution in [0.2, 0.25) is 0 Å². The van der Waals surface area contributed by atoms with Gasteiger partial charge in [-0.05, 0) is 31.2 Å². The molecule has 1 aromatic carbocycles. The van der Waals surface area contributed by atoms with E-state index in [1.807, 2.05) is 12.1 Å². The Morgan fingerprint density at radius 3 is 3.08 bits per heavy atom. The molecule has 1 aromatic rings. The van der Waals surface area contributed by atoms with E-state index >= 15 is 0 Å². The number of hydrogen-bond acceptors (Lipinski definition) is 5. The highest BCUT2D eigenvalue weighted by Gasteiger charge is 2.22. The number of morpholine rings is 1. The molecule has 0 spiro atoms. The minimum atomic E-state index is -0.812. The Labute approximate surface area is 144 Å². The van der Waals surface area contributed by atoms with E-state index in [-0.39, 0.29) is 12.6 Å². The van der Waals surface area contributed by atoms with Gasteiger partial charge in [-0.3, -0.25) is 14.6 Å². The summed E-state index contributed by atoms with van der Waals surface area (Å²) in [6, 6.07) is 8.20. The van der Waals surface area contributed by atoms with Crippen molar-refractivity contribution in [2.24, 2.45) is 0 Å². The van der Waals surface area contributed by atoms with Crippen molar-refractivity contribution in [3.8, 4) is 5.75 Å². The minimum absolute atomic E-state index is 0.0384. The van der Waals surface area contributed by atoms with Crippen LogP contribution in [0.3, 0.4) is 0 Å². The van der Waals surface area contributed by atoms with Gasteiger partial charge in [0.25, 0.3) is 0 Å². The maximum absolute atomic E-state index is 10.7. The van der Waals surface area contributed by atoms with Crippen molar-refractivity contribution < 1.29 is 19.4 Å². The maximum atomic E-state index is 10.7. The molecule has 1 N–H and O–H groups in total. The number of carbonyl (C=O) groups is 1. The first-order chi connectivity index (χ1) is 11.6. The van der Waals surface area contributed by atoms with Crippen LogP contribution in [0.1, 0.15) is 12.5 Å². The number of aryl methyl sites for hydroxylation is 1. The maximum Gasteiger partial charge on any atom is 0.317 e. The summed E-state index contributed by atoms with van der Waals surface area (Å²) >= 11 is 0. The van der Waals surface area contributed by atoms with Crippen LogP contribution in [-0.4, -0.2) is 80.0 Å². The van der Waals surface area contributed by atoms with E-state index in [0.29, 0.717) is 19.8 Å². The van der Waals surface area contributed by atoms with Gasteiger partial charge in [-0.25, -0.2) is 0 Å². The van der Waals surface area contributed by atoms with Gasteiger partial charge in [-0.2, -0.15) is 0 Å². The Hall–Kier alpha value is -1.63. The third-order valence-electron chi connectivity index (χ3n) is 4.13. The molecule has 0 saturated carbocycles. The fraction of sp³-hybridized carbons (Fsp3) is 0.611. The number of likely N-dealkylation sites (N-methyl/N-ethyl adjacent to an activating group) is 1. The molecule has 1 aliphatic heterocycles. The number of benzene rings is 1. The van der Waals surface area contributed by atoms with Crippen molar-refractivity contribution in [2.45, 2.75) is 19.4 Å². The summed E-state index contributed by atoms with van der Waals surface area (Å²) in [5, 5.41) is 8.82. The van der Waals surface area contributed by atoms with Crippen molar-refractivity contribution in [3.63, 3.8) is 0 Å². The lowest BCUT2D eigenvalue weighted by molar-refractivity contribution is -0.138. The zero-order chi connectivity index (χ0) is 17.4. The molecule has 24 heavy (non-hydrogen) atoms. The topological polar surface area (TPSA) is 62.2 Å². The van der Waals surface area contributed by atoms with E-state index in [4.69, 9.17) is 14.6 Å². The fourth-order valence-electron chi connectivity index (χ4n) is 2.88. The van der Waals surface area contributed by atoms with E-state index in [1.165, 1.54) is 5.56 Å². The highest BCUT2D eigenvalue weighted by atomic mass is 16.5. The van der Waals surface area contributed by atoms with E-state index < -0.39 is 5.97 Å². The molecule has 1 aliphatic rings. The van der Waals surface area contributed by atoms with Gasteiger partial charge in [0, 0.05) is 26.2 Å². The van der Waals surface area contributed by atoms with Gasteiger partial charge in [-0.1, -0.05) is 19.1 Å². The largest absolute Gasteiger partial charge is 0.492 e. The van der Waals surface area contributed by atoms with E-state index in [1.54, 1.807) is 11.9 Å². The normalized spacial score (nSPS) is 18.7. The van der Waals surface area contributed by atoms with Gasteiger partial charge in [-0.15, -0.1) is 0 Å². The lowest BCUT2D eigenvalue weighted by Crippen LogP contribution is -2.48. The number of ether oxygens (including phenoxy) is 2. The summed E-state index contributed by atoms with van der Waals surface area (Å²) < 4.78 is 11.6. The number of hydrogen-bond donors (Lipinski definition) is 1. The third kappa shape index (κ3) is 6.47. The van der Waals surface area contributed by atoms with Crippen molar-refractivity contribution in [2.75, 3.05) is 53.0 Å². The molecular formula is C18H28N2O4. The summed E-state index contributed by atoms with van der Waals surface area (Å²) in [4.78, 5) is 14.8. The molecule has 6 heteroatoms. The molecule has 1 saturated heterocycles. The summed E-state index contributed by atoms with van der Waals surface area (Å²) in [7, 11) is 1.81. The van der Waals surface area contributed by atoms with Crippen molar-refractivity contribution >= 4 is 5.97 Å². The Kier molecular flexibility index (Phi) is 7.49. The van der Waals surface area contributed by atoms with Crippen molar-refractivity contribution in [3.05, 3.63) is 29.8 Å². The quantitative estimate of drug-likeness (QED) is 0.734. The van der Waals surface area contributed by atoms with Crippen LogP contribution < -0.4 is 4.74 Å². The van der Waals surface area contributed by atoms with Crippen LogP contribution >= 0.6 is 0 Å². The van der Waals surface area contributed by atoms with E-state index in [0.717, 1.165) is 31.8 Å². The summed E-state index contributed by atoms with van der Waals surface area (Å²) in [5.41, 5.74) is 1.28. The van der Waals surface area contributed by atoms with Crippen LogP contribution in [0.4, 0.5) is 0 Å². The van der Waals surface area contributed by atoms with E-state index in [9.17, 15) is 4.79 Å². The molecule has 2 rings (SSSR count). The highest BCUT2D eigenvalue weighted by molar-refractivity contribution is 5.69. The lowest BCUT2D eigenvalue weighted by atomic mass is 10.2. The van der Waals surface area contributed by atoms with Crippen LogP contribution in [0.5, 0.6) is 5.75 Å². The zero-order valence-electron chi connectivity index (χ0n) is 14.6. The molecule has 0 radical (unpaired) electrons. The number of carboxylic acids is 1. The van der Waals surface area contributed by atoms with Crippen LogP contribution in [-0.2, 0) is 16.0 Å². The average molecular weight is 336 g/mol. The standard InChI is InChI=1S/C18H28N2O4/c1-3-15-5-4-6-16(11-15)23-9-7-20-8-10-24-17(13-20)12-19(2)14-18(21)22/h4-6,11,17H,3,7-10,12-14H2,1-2H3,(H,21,22). The van der Waals surface area contributed by atoms with Gasteiger partial charge in [0.15, 0.2) is 0 Å². The SMILES string of the molecule is CCc1cccc(OCCN2CCOC(CN(C)CC(=O)O)C2)c1. The van der Waals surface area contributed by atoms with Crippen LogP contribution in [0.15, 0.2) is 24.3 Å². The molecular weight excluding hydrogens is 308 g/mol. The Morgan fingerprint density at radius 2 is 2.33 bits per heavy atom. The number of carboxylic acid groups (broad SMARTS) is 1. The molecule has 134 valence electrons. The van der Waals surface area contributed by atoms with E-state index in [2.05, 4.69) is 24.0 Å². The van der Waals surface area contributed by atoms with Gasteiger partial charge in [0.2, 0.25) is 0 Å². The van der Waals surface area contributed by atoms with Gasteiger partial charge in [0.1, 0.15) is 12.4 Å².